The normalized spacial score (nSPS) is 10.4. The highest BCUT2D eigenvalue weighted by Crippen LogP contribution is 2.21. The van der Waals surface area contributed by atoms with Crippen LogP contribution in [0.3, 0.4) is 0 Å². The smallest absolute Gasteiger partial charge is 0.230 e. The molecule has 0 aliphatic heterocycles. The lowest BCUT2D eigenvalue weighted by Crippen LogP contribution is -2.27. The number of nitrogens with zero attached hydrogens (tertiary/aromatic N) is 2. The van der Waals surface area contributed by atoms with Crippen LogP contribution in [0, 0.1) is 6.92 Å². The standard InChI is InChI=1S/C13H16N4OS/c1-10-4-2-3-5-11(10)19-8-13(18)14-7-6-12-15-9-16-17-12/h2-5,9H,6-8H2,1H3,(H,14,18)(H,15,16,17). The first-order chi connectivity index (χ1) is 9.25. The lowest BCUT2D eigenvalue weighted by molar-refractivity contribution is -0.118. The molecule has 0 aliphatic carbocycles. The average molecular weight is 276 g/mol. The molecule has 0 fully saturated rings. The maximum Gasteiger partial charge on any atom is 0.230 e. The number of carbonyl (C=O) groups is 1. The summed E-state index contributed by atoms with van der Waals surface area (Å²) in [4.78, 5) is 16.8. The van der Waals surface area contributed by atoms with E-state index < -0.39 is 0 Å². The van der Waals surface area contributed by atoms with Crippen LogP contribution in [0.25, 0.3) is 0 Å². The molecule has 1 aromatic heterocycles. The molecule has 100 valence electrons. The number of aromatic nitrogens is 3. The quantitative estimate of drug-likeness (QED) is 0.786. The number of carbonyl (C=O) groups excluding carboxylic acids is 1. The zero-order chi connectivity index (χ0) is 13.5. The Labute approximate surface area is 116 Å². The molecule has 19 heavy (non-hydrogen) atoms. The zero-order valence-corrected chi connectivity index (χ0v) is 11.5. The predicted molar refractivity (Wildman–Crippen MR) is 75.0 cm³/mol. The van der Waals surface area contributed by atoms with Gasteiger partial charge in [-0.25, -0.2) is 4.98 Å². The maximum absolute atomic E-state index is 11.7. The molecular weight excluding hydrogens is 260 g/mol. The lowest BCUT2D eigenvalue weighted by atomic mass is 10.2. The fraction of sp³-hybridized carbons (Fsp3) is 0.308. The predicted octanol–water partition coefficient (Wildman–Crippen LogP) is 1.56. The fourth-order valence-corrected chi connectivity index (χ4v) is 2.44. The highest BCUT2D eigenvalue weighted by Gasteiger charge is 2.04. The van der Waals surface area contributed by atoms with Crippen molar-refractivity contribution in [2.45, 2.75) is 18.2 Å². The molecule has 2 aromatic rings. The van der Waals surface area contributed by atoms with Gasteiger partial charge in [0.25, 0.3) is 0 Å². The first-order valence-corrected chi connectivity index (χ1v) is 7.03. The summed E-state index contributed by atoms with van der Waals surface area (Å²) < 4.78 is 0. The van der Waals surface area contributed by atoms with Gasteiger partial charge in [-0.15, -0.1) is 11.8 Å². The highest BCUT2D eigenvalue weighted by molar-refractivity contribution is 8.00. The third kappa shape index (κ3) is 4.40. The Kier molecular flexibility index (Phi) is 4.97. The largest absolute Gasteiger partial charge is 0.355 e. The molecule has 0 atom stereocenters. The van der Waals surface area contributed by atoms with Gasteiger partial charge in [0.15, 0.2) is 0 Å². The van der Waals surface area contributed by atoms with Crippen molar-refractivity contribution in [2.24, 2.45) is 0 Å². The van der Waals surface area contributed by atoms with E-state index in [2.05, 4.69) is 20.5 Å². The van der Waals surface area contributed by atoms with Gasteiger partial charge in [-0.1, -0.05) is 18.2 Å². The molecule has 5 nitrogen and oxygen atoms in total. The summed E-state index contributed by atoms with van der Waals surface area (Å²) in [6, 6.07) is 8.06. The molecule has 0 saturated heterocycles. The summed E-state index contributed by atoms with van der Waals surface area (Å²) in [5, 5.41) is 9.37. The van der Waals surface area contributed by atoms with Crippen LogP contribution < -0.4 is 5.32 Å². The molecule has 1 heterocycles. The molecule has 0 bridgehead atoms. The van der Waals surface area contributed by atoms with Gasteiger partial charge < -0.3 is 5.32 Å². The van der Waals surface area contributed by atoms with Crippen molar-refractivity contribution in [3.05, 3.63) is 42.0 Å². The summed E-state index contributed by atoms with van der Waals surface area (Å²) in [6.45, 7) is 2.62. The van der Waals surface area contributed by atoms with Gasteiger partial charge in [-0.2, -0.15) is 5.10 Å². The van der Waals surface area contributed by atoms with Crippen molar-refractivity contribution in [3.63, 3.8) is 0 Å². The van der Waals surface area contributed by atoms with E-state index >= 15 is 0 Å². The Morgan fingerprint density at radius 1 is 1.42 bits per heavy atom. The first kappa shape index (κ1) is 13.6. The summed E-state index contributed by atoms with van der Waals surface area (Å²) >= 11 is 1.56. The van der Waals surface area contributed by atoms with Gasteiger partial charge in [-0.3, -0.25) is 9.89 Å². The van der Waals surface area contributed by atoms with Gasteiger partial charge in [0.1, 0.15) is 12.2 Å². The van der Waals surface area contributed by atoms with Crippen LogP contribution in [0.15, 0.2) is 35.5 Å². The molecule has 0 spiro atoms. The van der Waals surface area contributed by atoms with E-state index in [1.54, 1.807) is 11.8 Å². The van der Waals surface area contributed by atoms with Gasteiger partial charge in [0.2, 0.25) is 5.91 Å². The fourth-order valence-electron chi connectivity index (χ4n) is 1.58. The number of benzene rings is 1. The van der Waals surface area contributed by atoms with E-state index in [4.69, 9.17) is 0 Å². The second-order valence-electron chi connectivity index (χ2n) is 4.09. The second-order valence-corrected chi connectivity index (χ2v) is 5.10. The van der Waals surface area contributed by atoms with Gasteiger partial charge in [0.05, 0.1) is 5.75 Å². The molecule has 2 rings (SSSR count). The van der Waals surface area contributed by atoms with Crippen LogP contribution in [-0.4, -0.2) is 33.4 Å². The average Bonchev–Trinajstić information content (AvgIpc) is 2.91. The van der Waals surface area contributed by atoms with Gasteiger partial charge in [-0.05, 0) is 18.6 Å². The Balaban J connectivity index is 1.69. The molecule has 6 heteroatoms. The molecule has 0 aliphatic rings. The van der Waals surface area contributed by atoms with Crippen molar-refractivity contribution in [1.82, 2.24) is 20.5 Å². The molecule has 1 aromatic carbocycles. The Morgan fingerprint density at radius 3 is 3.00 bits per heavy atom. The number of hydrogen-bond donors (Lipinski definition) is 2. The third-order valence-corrected chi connectivity index (χ3v) is 3.78. The summed E-state index contributed by atoms with van der Waals surface area (Å²) in [7, 11) is 0. The van der Waals surface area contributed by atoms with Crippen molar-refractivity contribution < 1.29 is 4.79 Å². The lowest BCUT2D eigenvalue weighted by Gasteiger charge is -2.06. The third-order valence-electron chi connectivity index (χ3n) is 2.60. The number of amides is 1. The number of aryl methyl sites for hydroxylation is 1. The van der Waals surface area contributed by atoms with Crippen molar-refractivity contribution >= 4 is 17.7 Å². The zero-order valence-electron chi connectivity index (χ0n) is 10.7. The Hall–Kier alpha value is -1.82. The number of thioether (sulfide) groups is 1. The summed E-state index contributed by atoms with van der Waals surface area (Å²) in [5.74, 6) is 1.25. The highest BCUT2D eigenvalue weighted by atomic mass is 32.2. The monoisotopic (exact) mass is 276 g/mol. The molecule has 0 unspecified atom stereocenters. The van der Waals surface area contributed by atoms with Crippen LogP contribution in [0.1, 0.15) is 11.4 Å². The summed E-state index contributed by atoms with van der Waals surface area (Å²) in [6.07, 6.45) is 2.13. The van der Waals surface area contributed by atoms with E-state index in [9.17, 15) is 4.79 Å². The Bertz CT molecular complexity index is 527. The van der Waals surface area contributed by atoms with Crippen molar-refractivity contribution in [3.8, 4) is 0 Å². The minimum Gasteiger partial charge on any atom is -0.355 e. The van der Waals surface area contributed by atoms with E-state index in [1.807, 2.05) is 31.2 Å². The maximum atomic E-state index is 11.7. The topological polar surface area (TPSA) is 70.7 Å². The molecule has 0 saturated carbocycles. The molecule has 0 radical (unpaired) electrons. The van der Waals surface area contributed by atoms with Crippen LogP contribution >= 0.6 is 11.8 Å². The van der Waals surface area contributed by atoms with E-state index in [0.717, 1.165) is 10.7 Å². The minimum atomic E-state index is 0.0350. The van der Waals surface area contributed by atoms with Gasteiger partial charge in [0, 0.05) is 17.9 Å². The van der Waals surface area contributed by atoms with Crippen LogP contribution in [0.5, 0.6) is 0 Å². The van der Waals surface area contributed by atoms with Crippen molar-refractivity contribution in [1.29, 1.82) is 0 Å². The number of H-pyrrole nitrogens is 1. The number of nitrogens with one attached hydrogen (secondary N) is 2. The SMILES string of the molecule is Cc1ccccc1SCC(=O)NCCc1ncn[nH]1. The van der Waals surface area contributed by atoms with Crippen LogP contribution in [-0.2, 0) is 11.2 Å². The van der Waals surface area contributed by atoms with E-state index in [0.29, 0.717) is 18.7 Å². The first-order valence-electron chi connectivity index (χ1n) is 6.05. The number of hydrogen-bond acceptors (Lipinski definition) is 4. The van der Waals surface area contributed by atoms with E-state index in [1.165, 1.54) is 11.9 Å². The number of aromatic amines is 1. The Morgan fingerprint density at radius 2 is 2.26 bits per heavy atom. The van der Waals surface area contributed by atoms with Crippen molar-refractivity contribution in [2.75, 3.05) is 12.3 Å². The number of rotatable bonds is 6. The summed E-state index contributed by atoms with van der Waals surface area (Å²) in [5.41, 5.74) is 1.20. The van der Waals surface area contributed by atoms with Crippen LogP contribution in [0.2, 0.25) is 0 Å². The van der Waals surface area contributed by atoms with Gasteiger partial charge >= 0.3 is 0 Å². The molecule has 2 N–H and O–H groups in total. The molecule has 1 amide bonds. The second kappa shape index (κ2) is 6.94. The van der Waals surface area contributed by atoms with Crippen LogP contribution in [0.4, 0.5) is 0 Å². The molecular formula is C13H16N4OS. The minimum absolute atomic E-state index is 0.0350. The van der Waals surface area contributed by atoms with E-state index in [-0.39, 0.29) is 5.91 Å².